The molecule has 1 amide bonds. The number of amides is 1. The molecule has 0 fully saturated rings. The highest BCUT2D eigenvalue weighted by atomic mass is 32.2. The normalized spacial score (nSPS) is 12.2. The first-order valence-electron chi connectivity index (χ1n) is 9.61. The Labute approximate surface area is 179 Å². The van der Waals surface area contributed by atoms with Gasteiger partial charge in [-0.25, -0.2) is 4.98 Å². The molecule has 7 nitrogen and oxygen atoms in total. The van der Waals surface area contributed by atoms with E-state index in [-0.39, 0.29) is 25.1 Å². The van der Waals surface area contributed by atoms with Gasteiger partial charge in [-0.05, 0) is 30.2 Å². The number of hydrogen-bond acceptors (Lipinski definition) is 6. The van der Waals surface area contributed by atoms with Crippen molar-refractivity contribution in [2.24, 2.45) is 0 Å². The maximum atomic E-state index is 12.3. The van der Waals surface area contributed by atoms with Crippen LogP contribution in [0.25, 0.3) is 0 Å². The third kappa shape index (κ3) is 4.95. The van der Waals surface area contributed by atoms with Crippen LogP contribution >= 0.6 is 11.8 Å². The fourth-order valence-electron chi connectivity index (χ4n) is 3.08. The van der Waals surface area contributed by atoms with Gasteiger partial charge in [-0.1, -0.05) is 47.7 Å². The van der Waals surface area contributed by atoms with Crippen molar-refractivity contribution in [1.29, 1.82) is 0 Å². The summed E-state index contributed by atoms with van der Waals surface area (Å²) in [7, 11) is 0. The summed E-state index contributed by atoms with van der Waals surface area (Å²) in [6, 6.07) is 13.9. The van der Waals surface area contributed by atoms with Gasteiger partial charge in [-0.2, -0.15) is 0 Å². The molecule has 2 aromatic carbocycles. The van der Waals surface area contributed by atoms with Gasteiger partial charge in [0.05, 0.1) is 18.1 Å². The van der Waals surface area contributed by atoms with Crippen molar-refractivity contribution in [2.75, 3.05) is 12.5 Å². The first kappa shape index (κ1) is 20.3. The zero-order valence-electron chi connectivity index (χ0n) is 16.6. The summed E-state index contributed by atoms with van der Waals surface area (Å²) < 4.78 is 12.6. The van der Waals surface area contributed by atoms with Gasteiger partial charge in [-0.3, -0.25) is 4.79 Å². The molecular weight excluding hydrogens is 402 g/mol. The quantitative estimate of drug-likeness (QED) is 0.540. The van der Waals surface area contributed by atoms with Gasteiger partial charge >= 0.3 is 0 Å². The lowest BCUT2D eigenvalue weighted by Crippen LogP contribution is -2.24. The number of thioether (sulfide) groups is 1. The van der Waals surface area contributed by atoms with Gasteiger partial charge in [0, 0.05) is 19.3 Å². The van der Waals surface area contributed by atoms with E-state index in [1.807, 2.05) is 35.9 Å². The number of carbonyl (C=O) groups is 1. The van der Waals surface area contributed by atoms with Crippen molar-refractivity contribution in [1.82, 2.24) is 14.9 Å². The number of hydrogen-bond donors (Lipinski definition) is 2. The third-order valence-corrected chi connectivity index (χ3v) is 5.67. The predicted octanol–water partition coefficient (Wildman–Crippen LogP) is 2.87. The van der Waals surface area contributed by atoms with Gasteiger partial charge in [0.15, 0.2) is 16.7 Å². The van der Waals surface area contributed by atoms with Crippen LogP contribution < -0.4 is 14.8 Å². The van der Waals surface area contributed by atoms with Crippen LogP contribution in [0.1, 0.15) is 22.4 Å². The van der Waals surface area contributed by atoms with Crippen molar-refractivity contribution in [3.63, 3.8) is 0 Å². The van der Waals surface area contributed by atoms with E-state index in [2.05, 4.69) is 34.6 Å². The number of aliphatic hydroxyl groups excluding tert-OH is 1. The Kier molecular flexibility index (Phi) is 6.25. The average molecular weight is 426 g/mol. The van der Waals surface area contributed by atoms with Crippen LogP contribution in [0.3, 0.4) is 0 Å². The Balaban J connectivity index is 1.34. The predicted molar refractivity (Wildman–Crippen MR) is 114 cm³/mol. The number of fused-ring (bicyclic) bond motifs is 1. The number of aliphatic hydroxyl groups is 1. The largest absolute Gasteiger partial charge is 0.454 e. The summed E-state index contributed by atoms with van der Waals surface area (Å²) in [6.45, 7) is 3.19. The Morgan fingerprint density at radius 1 is 1.17 bits per heavy atom. The van der Waals surface area contributed by atoms with Crippen LogP contribution in [0, 0.1) is 6.92 Å². The third-order valence-electron chi connectivity index (χ3n) is 4.68. The van der Waals surface area contributed by atoms with E-state index in [0.717, 1.165) is 16.9 Å². The summed E-state index contributed by atoms with van der Waals surface area (Å²) in [4.78, 5) is 16.8. The lowest BCUT2D eigenvalue weighted by molar-refractivity contribution is -0.118. The van der Waals surface area contributed by atoms with Crippen LogP contribution in [-0.4, -0.2) is 33.1 Å². The van der Waals surface area contributed by atoms with Crippen molar-refractivity contribution in [3.05, 3.63) is 71.0 Å². The molecule has 0 saturated carbocycles. The molecule has 1 aliphatic heterocycles. The first-order chi connectivity index (χ1) is 14.6. The minimum absolute atomic E-state index is 0.0897. The molecule has 8 heteroatoms. The zero-order valence-corrected chi connectivity index (χ0v) is 17.4. The molecule has 4 rings (SSSR count). The van der Waals surface area contributed by atoms with Gasteiger partial charge in [0.1, 0.15) is 0 Å². The molecule has 30 heavy (non-hydrogen) atoms. The number of benzene rings is 2. The molecule has 0 aliphatic carbocycles. The molecule has 0 saturated heterocycles. The summed E-state index contributed by atoms with van der Waals surface area (Å²) >= 11 is 1.35. The van der Waals surface area contributed by atoms with Gasteiger partial charge in [0.2, 0.25) is 12.7 Å². The van der Waals surface area contributed by atoms with E-state index < -0.39 is 0 Å². The van der Waals surface area contributed by atoms with E-state index in [1.165, 1.54) is 17.3 Å². The van der Waals surface area contributed by atoms with Crippen LogP contribution in [0.15, 0.2) is 53.8 Å². The van der Waals surface area contributed by atoms with Gasteiger partial charge in [0.25, 0.3) is 0 Å². The molecule has 0 radical (unpaired) electrons. The standard InChI is InChI=1S/C22H23N3O4S/c1-15-2-4-16(5-3-15)10-25-11-18(12-26)24-22(25)30-13-21(27)23-9-17-6-7-19-20(8-17)29-14-28-19/h2-8,11,26H,9-10,12-14H2,1H3,(H,23,27). The number of aryl methyl sites for hydroxylation is 1. The van der Waals surface area contributed by atoms with E-state index >= 15 is 0 Å². The van der Waals surface area contributed by atoms with Crippen molar-refractivity contribution < 1.29 is 19.4 Å². The van der Waals surface area contributed by atoms with E-state index in [9.17, 15) is 9.90 Å². The Hall–Kier alpha value is -2.97. The second-order valence-corrected chi connectivity index (χ2v) is 7.98. The molecular formula is C22H23N3O4S. The lowest BCUT2D eigenvalue weighted by Gasteiger charge is -2.09. The smallest absolute Gasteiger partial charge is 0.231 e. The second-order valence-electron chi connectivity index (χ2n) is 7.04. The SMILES string of the molecule is Cc1ccc(Cn2cc(CO)nc2SCC(=O)NCc2ccc3c(c2)OCO3)cc1. The van der Waals surface area contributed by atoms with Crippen molar-refractivity contribution in [2.45, 2.75) is 31.8 Å². The maximum absolute atomic E-state index is 12.3. The fourth-order valence-corrected chi connectivity index (χ4v) is 3.91. The molecule has 156 valence electrons. The molecule has 0 atom stereocenters. The molecule has 1 aromatic heterocycles. The maximum Gasteiger partial charge on any atom is 0.231 e. The fraction of sp³-hybridized carbons (Fsp3) is 0.273. The average Bonchev–Trinajstić information content (AvgIpc) is 3.38. The number of nitrogens with one attached hydrogen (secondary N) is 1. The van der Waals surface area contributed by atoms with Gasteiger partial charge in [-0.15, -0.1) is 0 Å². The Morgan fingerprint density at radius 2 is 1.93 bits per heavy atom. The highest BCUT2D eigenvalue weighted by Crippen LogP contribution is 2.32. The Bertz CT molecular complexity index is 1030. The molecule has 0 unspecified atom stereocenters. The number of aromatic nitrogens is 2. The summed E-state index contributed by atoms with van der Waals surface area (Å²) in [5.41, 5.74) is 3.87. The monoisotopic (exact) mass is 425 g/mol. The molecule has 3 aromatic rings. The summed E-state index contributed by atoms with van der Waals surface area (Å²) in [5, 5.41) is 13.1. The summed E-state index contributed by atoms with van der Waals surface area (Å²) in [6.07, 6.45) is 1.83. The van der Waals surface area contributed by atoms with Crippen LogP contribution in [0.4, 0.5) is 0 Å². The van der Waals surface area contributed by atoms with Crippen LogP contribution in [0.5, 0.6) is 11.5 Å². The minimum atomic E-state index is -0.134. The molecule has 0 spiro atoms. The lowest BCUT2D eigenvalue weighted by atomic mass is 10.1. The number of ether oxygens (including phenoxy) is 2. The second kappa shape index (κ2) is 9.23. The van der Waals surface area contributed by atoms with Gasteiger partial charge < -0.3 is 24.5 Å². The first-order valence-corrected chi connectivity index (χ1v) is 10.6. The highest BCUT2D eigenvalue weighted by Gasteiger charge is 2.14. The molecule has 2 heterocycles. The number of carbonyl (C=O) groups excluding carboxylic acids is 1. The number of rotatable bonds is 8. The minimum Gasteiger partial charge on any atom is -0.454 e. The van der Waals surface area contributed by atoms with E-state index in [1.54, 1.807) is 0 Å². The van der Waals surface area contributed by atoms with Crippen LogP contribution in [0.2, 0.25) is 0 Å². The van der Waals surface area contributed by atoms with E-state index in [0.29, 0.717) is 29.7 Å². The van der Waals surface area contributed by atoms with E-state index in [4.69, 9.17) is 9.47 Å². The molecule has 2 N–H and O–H groups in total. The zero-order chi connectivity index (χ0) is 20.9. The Morgan fingerprint density at radius 3 is 2.73 bits per heavy atom. The number of nitrogens with zero attached hydrogens (tertiary/aromatic N) is 2. The van der Waals surface area contributed by atoms with Crippen molar-refractivity contribution in [3.8, 4) is 11.5 Å². The van der Waals surface area contributed by atoms with Crippen molar-refractivity contribution >= 4 is 17.7 Å². The molecule has 1 aliphatic rings. The molecule has 0 bridgehead atoms. The van der Waals surface area contributed by atoms with Crippen LogP contribution in [-0.2, 0) is 24.5 Å². The highest BCUT2D eigenvalue weighted by molar-refractivity contribution is 7.99. The number of imidazole rings is 1. The summed E-state index contributed by atoms with van der Waals surface area (Å²) in [5.74, 6) is 1.57. The topological polar surface area (TPSA) is 85.6 Å².